The Morgan fingerprint density at radius 1 is 1.24 bits per heavy atom. The average molecular weight is 241 g/mol. The summed E-state index contributed by atoms with van der Waals surface area (Å²) in [5.74, 6) is 0.174. The summed E-state index contributed by atoms with van der Waals surface area (Å²) < 4.78 is 28.2. The van der Waals surface area contributed by atoms with Gasteiger partial charge in [0.05, 0.1) is 0 Å². The summed E-state index contributed by atoms with van der Waals surface area (Å²) in [7, 11) is 0. The van der Waals surface area contributed by atoms with Gasteiger partial charge in [0, 0.05) is 12.1 Å². The summed E-state index contributed by atoms with van der Waals surface area (Å²) in [5.41, 5.74) is 1.01. The van der Waals surface area contributed by atoms with Crippen LogP contribution >= 0.6 is 0 Å². The van der Waals surface area contributed by atoms with Crippen LogP contribution in [0.2, 0.25) is 0 Å². The highest BCUT2D eigenvalue weighted by atomic mass is 19.3. The van der Waals surface area contributed by atoms with Gasteiger partial charge in [-0.1, -0.05) is 18.2 Å². The van der Waals surface area contributed by atoms with E-state index in [1.807, 2.05) is 19.9 Å². The van der Waals surface area contributed by atoms with Crippen molar-refractivity contribution < 1.29 is 13.5 Å². The third-order valence-corrected chi connectivity index (χ3v) is 2.47. The maximum absolute atomic E-state index is 12.0. The first-order valence-corrected chi connectivity index (χ1v) is 5.46. The van der Waals surface area contributed by atoms with E-state index >= 15 is 0 Å². The molecule has 0 spiro atoms. The molecular weight excluding hydrogens is 224 g/mol. The summed E-state index contributed by atoms with van der Waals surface area (Å²) in [4.78, 5) is 0. The van der Waals surface area contributed by atoms with Crippen LogP contribution in [-0.4, -0.2) is 12.7 Å². The van der Waals surface area contributed by atoms with E-state index in [4.69, 9.17) is 0 Å². The Morgan fingerprint density at radius 2 is 1.82 bits per heavy atom. The first-order valence-electron chi connectivity index (χ1n) is 5.46. The van der Waals surface area contributed by atoms with Crippen LogP contribution in [0.15, 0.2) is 36.9 Å². The molecular formula is C13H17F2NO. The fraction of sp³-hybridized carbons (Fsp3) is 0.385. The van der Waals surface area contributed by atoms with Gasteiger partial charge in [-0.2, -0.15) is 8.78 Å². The van der Waals surface area contributed by atoms with Crippen molar-refractivity contribution in [3.63, 3.8) is 0 Å². The van der Waals surface area contributed by atoms with Crippen molar-refractivity contribution in [2.24, 2.45) is 0 Å². The van der Waals surface area contributed by atoms with Gasteiger partial charge in [0.1, 0.15) is 5.75 Å². The molecule has 2 atom stereocenters. The molecule has 0 aromatic heterocycles. The van der Waals surface area contributed by atoms with E-state index in [0.717, 1.165) is 5.56 Å². The van der Waals surface area contributed by atoms with Gasteiger partial charge in [-0.15, -0.1) is 6.58 Å². The number of alkyl halides is 2. The summed E-state index contributed by atoms with van der Waals surface area (Å²) in [6.07, 6.45) is 1.81. The van der Waals surface area contributed by atoms with Crippen molar-refractivity contribution in [3.8, 4) is 5.75 Å². The molecule has 0 bridgehead atoms. The lowest BCUT2D eigenvalue weighted by atomic mass is 10.1. The van der Waals surface area contributed by atoms with Crippen LogP contribution < -0.4 is 10.1 Å². The summed E-state index contributed by atoms with van der Waals surface area (Å²) in [6, 6.07) is 6.94. The predicted molar refractivity (Wildman–Crippen MR) is 64.3 cm³/mol. The second kappa shape index (κ2) is 6.35. The van der Waals surface area contributed by atoms with Gasteiger partial charge in [0.2, 0.25) is 0 Å². The molecule has 0 radical (unpaired) electrons. The van der Waals surface area contributed by atoms with Crippen LogP contribution in [0.3, 0.4) is 0 Å². The number of nitrogens with one attached hydrogen (secondary N) is 1. The molecule has 1 aromatic carbocycles. The van der Waals surface area contributed by atoms with E-state index < -0.39 is 6.61 Å². The third kappa shape index (κ3) is 4.53. The molecule has 2 nitrogen and oxygen atoms in total. The molecule has 0 saturated heterocycles. The Hall–Kier alpha value is -1.42. The smallest absolute Gasteiger partial charge is 0.387 e. The minimum atomic E-state index is -2.78. The molecule has 0 amide bonds. The van der Waals surface area contributed by atoms with Gasteiger partial charge >= 0.3 is 6.61 Å². The molecule has 0 fully saturated rings. The van der Waals surface area contributed by atoms with Crippen molar-refractivity contribution in [3.05, 3.63) is 42.5 Å². The van der Waals surface area contributed by atoms with Crippen LogP contribution in [0.4, 0.5) is 8.78 Å². The van der Waals surface area contributed by atoms with Crippen molar-refractivity contribution in [2.75, 3.05) is 0 Å². The SMILES string of the molecule is C=CC(C)NC(C)c1ccc(OC(F)F)cc1. The topological polar surface area (TPSA) is 21.3 Å². The lowest BCUT2D eigenvalue weighted by Gasteiger charge is -2.18. The van der Waals surface area contributed by atoms with Gasteiger partial charge in [-0.05, 0) is 31.5 Å². The van der Waals surface area contributed by atoms with Crippen LogP contribution in [0, 0.1) is 0 Å². The fourth-order valence-corrected chi connectivity index (χ4v) is 1.50. The second-order valence-corrected chi connectivity index (χ2v) is 3.86. The van der Waals surface area contributed by atoms with E-state index in [2.05, 4.69) is 16.6 Å². The highest BCUT2D eigenvalue weighted by Crippen LogP contribution is 2.19. The van der Waals surface area contributed by atoms with Crippen LogP contribution in [0.25, 0.3) is 0 Å². The molecule has 0 saturated carbocycles. The van der Waals surface area contributed by atoms with Crippen LogP contribution in [-0.2, 0) is 0 Å². The zero-order valence-electron chi connectivity index (χ0n) is 9.99. The van der Waals surface area contributed by atoms with Gasteiger partial charge < -0.3 is 10.1 Å². The van der Waals surface area contributed by atoms with Crippen LogP contribution in [0.5, 0.6) is 5.75 Å². The molecule has 0 aliphatic carbocycles. The van der Waals surface area contributed by atoms with E-state index in [9.17, 15) is 8.78 Å². The molecule has 0 aliphatic heterocycles. The van der Waals surface area contributed by atoms with Crippen molar-refractivity contribution in [1.29, 1.82) is 0 Å². The first kappa shape index (κ1) is 13.6. The Balaban J connectivity index is 2.63. The second-order valence-electron chi connectivity index (χ2n) is 3.86. The number of halogens is 2. The van der Waals surface area contributed by atoms with Gasteiger partial charge in [-0.3, -0.25) is 0 Å². The van der Waals surface area contributed by atoms with Crippen molar-refractivity contribution in [2.45, 2.75) is 32.5 Å². The molecule has 2 unspecified atom stereocenters. The number of rotatable bonds is 6. The molecule has 1 aromatic rings. The highest BCUT2D eigenvalue weighted by Gasteiger charge is 2.08. The monoisotopic (exact) mass is 241 g/mol. The minimum Gasteiger partial charge on any atom is -0.435 e. The quantitative estimate of drug-likeness (QED) is 0.769. The van der Waals surface area contributed by atoms with Gasteiger partial charge in [0.25, 0.3) is 0 Å². The summed E-state index contributed by atoms with van der Waals surface area (Å²) in [6.45, 7) is 4.91. The molecule has 1 rings (SSSR count). The molecule has 4 heteroatoms. The largest absolute Gasteiger partial charge is 0.435 e. The van der Waals surface area contributed by atoms with Gasteiger partial charge in [0.15, 0.2) is 0 Å². The lowest BCUT2D eigenvalue weighted by Crippen LogP contribution is -2.26. The first-order chi connectivity index (χ1) is 8.02. The minimum absolute atomic E-state index is 0.128. The lowest BCUT2D eigenvalue weighted by molar-refractivity contribution is -0.0498. The van der Waals surface area contributed by atoms with Crippen molar-refractivity contribution >= 4 is 0 Å². The third-order valence-electron chi connectivity index (χ3n) is 2.47. The van der Waals surface area contributed by atoms with E-state index in [1.165, 1.54) is 12.1 Å². The average Bonchev–Trinajstić information content (AvgIpc) is 2.28. The predicted octanol–water partition coefficient (Wildman–Crippen LogP) is 3.51. The molecule has 0 aliphatic rings. The highest BCUT2D eigenvalue weighted by molar-refractivity contribution is 5.29. The van der Waals surface area contributed by atoms with Crippen molar-refractivity contribution in [1.82, 2.24) is 5.32 Å². The normalized spacial score (nSPS) is 14.4. The summed E-state index contributed by atoms with van der Waals surface area (Å²) in [5, 5.41) is 3.30. The molecule has 0 heterocycles. The molecule has 17 heavy (non-hydrogen) atoms. The number of hydrogen-bond donors (Lipinski definition) is 1. The van der Waals surface area contributed by atoms with Gasteiger partial charge in [-0.25, -0.2) is 0 Å². The number of hydrogen-bond acceptors (Lipinski definition) is 2. The fourth-order valence-electron chi connectivity index (χ4n) is 1.50. The van der Waals surface area contributed by atoms with E-state index in [0.29, 0.717) is 0 Å². The standard InChI is InChI=1S/C13H17F2NO/c1-4-9(2)16-10(3)11-5-7-12(8-6-11)17-13(14)15/h4-10,13,16H,1H2,2-3H3. The Labute approximate surface area is 100 Å². The number of benzene rings is 1. The van der Waals surface area contributed by atoms with E-state index in [1.54, 1.807) is 12.1 Å². The zero-order valence-corrected chi connectivity index (χ0v) is 9.99. The summed E-state index contributed by atoms with van der Waals surface area (Å²) >= 11 is 0. The zero-order chi connectivity index (χ0) is 12.8. The Bertz CT molecular complexity index is 351. The maximum Gasteiger partial charge on any atom is 0.387 e. The molecule has 1 N–H and O–H groups in total. The Morgan fingerprint density at radius 3 is 2.29 bits per heavy atom. The number of ether oxygens (including phenoxy) is 1. The van der Waals surface area contributed by atoms with Crippen LogP contribution in [0.1, 0.15) is 25.5 Å². The maximum atomic E-state index is 12.0. The Kier molecular flexibility index (Phi) is 5.10. The van der Waals surface area contributed by atoms with E-state index in [-0.39, 0.29) is 17.8 Å². The molecule has 94 valence electrons.